The van der Waals surface area contributed by atoms with Gasteiger partial charge in [-0.3, -0.25) is 4.79 Å². The zero-order chi connectivity index (χ0) is 17.7. The Morgan fingerprint density at radius 1 is 1.17 bits per heavy atom. The largest absolute Gasteiger partial charge is 0.466 e. The monoisotopic (exact) mass is 361 g/mol. The molecule has 0 bridgehead atoms. The van der Waals surface area contributed by atoms with Gasteiger partial charge >= 0.3 is 12.0 Å². The SMILES string of the molecule is CCOC(=O)C1CCCN(C(=O)NC2CCCN(S(C)(=O)=O)C2)C1. The van der Waals surface area contributed by atoms with Gasteiger partial charge in [-0.05, 0) is 32.6 Å². The summed E-state index contributed by atoms with van der Waals surface area (Å²) in [5, 5.41) is 2.91. The Morgan fingerprint density at radius 2 is 1.88 bits per heavy atom. The lowest BCUT2D eigenvalue weighted by molar-refractivity contribution is -0.149. The second kappa shape index (κ2) is 8.15. The number of carbonyl (C=O) groups is 2. The summed E-state index contributed by atoms with van der Waals surface area (Å²) >= 11 is 0. The van der Waals surface area contributed by atoms with Crippen LogP contribution in [0, 0.1) is 5.92 Å². The fraction of sp³-hybridized carbons (Fsp3) is 0.867. The fourth-order valence-corrected chi connectivity index (χ4v) is 4.15. The van der Waals surface area contributed by atoms with E-state index in [1.807, 2.05) is 0 Å². The van der Waals surface area contributed by atoms with E-state index in [0.717, 1.165) is 25.7 Å². The normalized spacial score (nSPS) is 26.0. The van der Waals surface area contributed by atoms with E-state index < -0.39 is 10.0 Å². The minimum absolute atomic E-state index is 0.191. The number of hydrogen-bond donors (Lipinski definition) is 1. The van der Waals surface area contributed by atoms with Gasteiger partial charge in [0.05, 0.1) is 18.8 Å². The average Bonchev–Trinajstić information content (AvgIpc) is 2.54. The fourth-order valence-electron chi connectivity index (χ4n) is 3.24. The van der Waals surface area contributed by atoms with Crippen molar-refractivity contribution in [2.45, 2.75) is 38.6 Å². The van der Waals surface area contributed by atoms with Crippen LogP contribution < -0.4 is 5.32 Å². The molecule has 0 aromatic heterocycles. The Labute approximate surface area is 143 Å². The van der Waals surface area contributed by atoms with Gasteiger partial charge in [0.15, 0.2) is 0 Å². The Kier molecular flexibility index (Phi) is 6.45. The molecule has 2 heterocycles. The van der Waals surface area contributed by atoms with E-state index in [-0.39, 0.29) is 24.0 Å². The van der Waals surface area contributed by atoms with E-state index in [1.54, 1.807) is 11.8 Å². The number of sulfonamides is 1. The van der Waals surface area contributed by atoms with Gasteiger partial charge in [-0.2, -0.15) is 0 Å². The molecule has 2 unspecified atom stereocenters. The molecule has 9 heteroatoms. The Balaban J connectivity index is 1.88. The first-order valence-electron chi connectivity index (χ1n) is 8.48. The number of esters is 1. The summed E-state index contributed by atoms with van der Waals surface area (Å²) in [7, 11) is -3.24. The lowest BCUT2D eigenvalue weighted by atomic mass is 9.98. The molecule has 0 spiro atoms. The topological polar surface area (TPSA) is 96.0 Å². The predicted octanol–water partition coefficient (Wildman–Crippen LogP) is 0.395. The van der Waals surface area contributed by atoms with Crippen molar-refractivity contribution < 1.29 is 22.7 Å². The van der Waals surface area contributed by atoms with Crippen LogP contribution in [0.4, 0.5) is 4.79 Å². The van der Waals surface area contributed by atoms with Crippen LogP contribution in [0.25, 0.3) is 0 Å². The van der Waals surface area contributed by atoms with Crippen LogP contribution >= 0.6 is 0 Å². The maximum absolute atomic E-state index is 12.4. The molecule has 8 nitrogen and oxygen atoms in total. The molecule has 0 radical (unpaired) electrons. The van der Waals surface area contributed by atoms with Gasteiger partial charge in [0.2, 0.25) is 10.0 Å². The molecule has 2 amide bonds. The quantitative estimate of drug-likeness (QED) is 0.731. The summed E-state index contributed by atoms with van der Waals surface area (Å²) in [6, 6.07) is -0.423. The van der Waals surface area contributed by atoms with E-state index in [0.29, 0.717) is 32.8 Å². The average molecular weight is 361 g/mol. The molecule has 2 atom stereocenters. The van der Waals surface area contributed by atoms with Gasteiger partial charge in [-0.15, -0.1) is 0 Å². The molecule has 2 fully saturated rings. The molecule has 0 saturated carbocycles. The Morgan fingerprint density at radius 3 is 2.54 bits per heavy atom. The van der Waals surface area contributed by atoms with E-state index in [9.17, 15) is 18.0 Å². The van der Waals surface area contributed by atoms with Crippen molar-refractivity contribution in [3.8, 4) is 0 Å². The van der Waals surface area contributed by atoms with E-state index in [2.05, 4.69) is 5.32 Å². The molecule has 2 rings (SSSR count). The van der Waals surface area contributed by atoms with Crippen molar-refractivity contribution in [3.63, 3.8) is 0 Å². The van der Waals surface area contributed by atoms with Crippen molar-refractivity contribution in [1.82, 2.24) is 14.5 Å². The maximum Gasteiger partial charge on any atom is 0.317 e. The third-order valence-electron chi connectivity index (χ3n) is 4.51. The number of rotatable bonds is 4. The Bertz CT molecular complexity index is 565. The molecule has 1 N–H and O–H groups in total. The number of likely N-dealkylation sites (tertiary alicyclic amines) is 1. The molecule has 0 aliphatic carbocycles. The van der Waals surface area contributed by atoms with E-state index in [1.165, 1.54) is 10.6 Å². The highest BCUT2D eigenvalue weighted by Gasteiger charge is 2.32. The summed E-state index contributed by atoms with van der Waals surface area (Å²) in [5.74, 6) is -0.528. The number of piperidine rings is 2. The molecule has 0 aromatic rings. The van der Waals surface area contributed by atoms with Crippen molar-refractivity contribution in [1.29, 1.82) is 0 Å². The number of nitrogens with zero attached hydrogens (tertiary/aromatic N) is 2. The molecule has 2 saturated heterocycles. The summed E-state index contributed by atoms with van der Waals surface area (Å²) < 4.78 is 29.7. The molecular formula is C15H27N3O5S. The molecule has 0 aromatic carbocycles. The summed E-state index contributed by atoms with van der Waals surface area (Å²) in [6.45, 7) is 3.86. The van der Waals surface area contributed by atoms with Gasteiger partial charge in [-0.25, -0.2) is 17.5 Å². The van der Waals surface area contributed by atoms with Crippen LogP contribution in [0.5, 0.6) is 0 Å². The van der Waals surface area contributed by atoms with Crippen LogP contribution in [-0.4, -0.2) is 74.7 Å². The first-order chi connectivity index (χ1) is 11.3. The van der Waals surface area contributed by atoms with Crippen molar-refractivity contribution in [2.24, 2.45) is 5.92 Å². The van der Waals surface area contributed by atoms with Gasteiger partial charge in [0.25, 0.3) is 0 Å². The predicted molar refractivity (Wildman–Crippen MR) is 88.9 cm³/mol. The zero-order valence-electron chi connectivity index (χ0n) is 14.4. The molecule has 2 aliphatic heterocycles. The third-order valence-corrected chi connectivity index (χ3v) is 5.78. The molecule has 138 valence electrons. The minimum Gasteiger partial charge on any atom is -0.466 e. The standard InChI is InChI=1S/C15H27N3O5S/c1-3-23-14(19)12-6-4-8-17(10-12)15(20)16-13-7-5-9-18(11-13)24(2,21)22/h12-13H,3-11H2,1-2H3,(H,16,20). The zero-order valence-corrected chi connectivity index (χ0v) is 15.2. The van der Waals surface area contributed by atoms with Crippen LogP contribution in [-0.2, 0) is 19.6 Å². The van der Waals surface area contributed by atoms with Crippen LogP contribution in [0.2, 0.25) is 0 Å². The number of amides is 2. The van der Waals surface area contributed by atoms with Crippen molar-refractivity contribution in [2.75, 3.05) is 39.0 Å². The van der Waals surface area contributed by atoms with Crippen molar-refractivity contribution >= 4 is 22.0 Å². The van der Waals surface area contributed by atoms with E-state index >= 15 is 0 Å². The highest BCUT2D eigenvalue weighted by Crippen LogP contribution is 2.19. The first-order valence-corrected chi connectivity index (χ1v) is 10.3. The first kappa shape index (κ1) is 19.0. The third kappa shape index (κ3) is 5.07. The second-order valence-electron chi connectivity index (χ2n) is 6.45. The maximum atomic E-state index is 12.4. The minimum atomic E-state index is -3.24. The molecule has 2 aliphatic rings. The van der Waals surface area contributed by atoms with Gasteiger partial charge in [-0.1, -0.05) is 0 Å². The highest BCUT2D eigenvalue weighted by molar-refractivity contribution is 7.88. The lowest BCUT2D eigenvalue weighted by Gasteiger charge is -2.35. The number of hydrogen-bond acceptors (Lipinski definition) is 5. The molecule has 24 heavy (non-hydrogen) atoms. The summed E-state index contributed by atoms with van der Waals surface area (Å²) in [4.78, 5) is 25.9. The van der Waals surface area contributed by atoms with Gasteiger partial charge < -0.3 is 15.0 Å². The van der Waals surface area contributed by atoms with E-state index in [4.69, 9.17) is 4.74 Å². The lowest BCUT2D eigenvalue weighted by Crippen LogP contribution is -2.54. The summed E-state index contributed by atoms with van der Waals surface area (Å²) in [6.07, 6.45) is 4.16. The van der Waals surface area contributed by atoms with Crippen LogP contribution in [0.15, 0.2) is 0 Å². The smallest absolute Gasteiger partial charge is 0.317 e. The van der Waals surface area contributed by atoms with Crippen molar-refractivity contribution in [3.05, 3.63) is 0 Å². The number of nitrogens with one attached hydrogen (secondary N) is 1. The van der Waals surface area contributed by atoms with Crippen LogP contribution in [0.3, 0.4) is 0 Å². The molecular weight excluding hydrogens is 334 g/mol. The van der Waals surface area contributed by atoms with Crippen LogP contribution in [0.1, 0.15) is 32.6 Å². The second-order valence-corrected chi connectivity index (χ2v) is 8.43. The number of carbonyl (C=O) groups excluding carboxylic acids is 2. The Hall–Kier alpha value is -1.35. The van der Waals surface area contributed by atoms with Gasteiger partial charge in [0, 0.05) is 32.2 Å². The summed E-state index contributed by atoms with van der Waals surface area (Å²) in [5.41, 5.74) is 0. The number of ether oxygens (including phenoxy) is 1. The highest BCUT2D eigenvalue weighted by atomic mass is 32.2. The number of urea groups is 1. The van der Waals surface area contributed by atoms with Gasteiger partial charge in [0.1, 0.15) is 0 Å².